The first-order valence-electron chi connectivity index (χ1n) is 4.88. The third kappa shape index (κ3) is 2.32. The van der Waals surface area contributed by atoms with E-state index in [9.17, 15) is 13.6 Å². The Morgan fingerprint density at radius 2 is 2.29 bits per heavy atom. The van der Waals surface area contributed by atoms with Gasteiger partial charge in [0, 0.05) is 11.1 Å². The van der Waals surface area contributed by atoms with Crippen molar-refractivity contribution in [1.29, 1.82) is 0 Å². The number of hydrogen-bond donors (Lipinski definition) is 3. The number of fused-ring (bicyclic) bond motifs is 1. The molecule has 5 nitrogen and oxygen atoms in total. The van der Waals surface area contributed by atoms with E-state index in [1.807, 2.05) is 0 Å². The summed E-state index contributed by atoms with van der Waals surface area (Å²) >= 11 is 0. The van der Waals surface area contributed by atoms with Gasteiger partial charge in [-0.3, -0.25) is 9.89 Å². The van der Waals surface area contributed by atoms with Gasteiger partial charge in [-0.25, -0.2) is 8.78 Å². The summed E-state index contributed by atoms with van der Waals surface area (Å²) < 4.78 is 23.9. The van der Waals surface area contributed by atoms with Crippen molar-refractivity contribution in [2.45, 2.75) is 6.43 Å². The van der Waals surface area contributed by atoms with Crippen LogP contribution in [0.5, 0.6) is 0 Å². The molecule has 0 aliphatic carbocycles. The number of carbonyl (C=O) groups is 1. The molecular formula is C10H10F2N4O. The molecule has 0 aliphatic heterocycles. The Morgan fingerprint density at radius 3 is 3.00 bits per heavy atom. The highest BCUT2D eigenvalue weighted by atomic mass is 19.3. The standard InChI is InChI=1S/C10H10F2N4O/c11-8(12)4-14-10(17)9-6-3-5(13)1-2-7(6)15-16-9/h1-3,8H,4,13H2,(H,14,17)(H,15,16). The molecule has 0 radical (unpaired) electrons. The largest absolute Gasteiger partial charge is 0.399 e. The number of nitrogens with zero attached hydrogens (tertiary/aromatic N) is 1. The number of aromatic nitrogens is 2. The molecule has 17 heavy (non-hydrogen) atoms. The summed E-state index contributed by atoms with van der Waals surface area (Å²) in [6.07, 6.45) is -2.59. The maximum Gasteiger partial charge on any atom is 0.272 e. The second-order valence-corrected chi connectivity index (χ2v) is 3.48. The van der Waals surface area contributed by atoms with Crippen LogP contribution in [0, 0.1) is 0 Å². The minimum Gasteiger partial charge on any atom is -0.399 e. The van der Waals surface area contributed by atoms with Crippen LogP contribution in [0.25, 0.3) is 10.9 Å². The van der Waals surface area contributed by atoms with Gasteiger partial charge in [-0.15, -0.1) is 0 Å². The number of H-pyrrole nitrogens is 1. The Balaban J connectivity index is 2.29. The van der Waals surface area contributed by atoms with Crippen molar-refractivity contribution in [2.24, 2.45) is 0 Å². The number of rotatable bonds is 3. The molecular weight excluding hydrogens is 230 g/mol. The minimum atomic E-state index is -2.59. The van der Waals surface area contributed by atoms with Crippen LogP contribution in [0.15, 0.2) is 18.2 Å². The lowest BCUT2D eigenvalue weighted by atomic mass is 10.2. The van der Waals surface area contributed by atoms with E-state index >= 15 is 0 Å². The Hall–Kier alpha value is -2.18. The summed E-state index contributed by atoms with van der Waals surface area (Å²) in [5, 5.41) is 9.00. The third-order valence-electron chi connectivity index (χ3n) is 2.22. The molecule has 1 aromatic carbocycles. The molecule has 0 saturated carbocycles. The predicted molar refractivity (Wildman–Crippen MR) is 58.8 cm³/mol. The van der Waals surface area contributed by atoms with Crippen LogP contribution in [0.1, 0.15) is 10.5 Å². The van der Waals surface area contributed by atoms with Gasteiger partial charge in [-0.1, -0.05) is 0 Å². The number of halogens is 2. The lowest BCUT2D eigenvalue weighted by molar-refractivity contribution is 0.0888. The van der Waals surface area contributed by atoms with Crippen LogP contribution in [0.2, 0.25) is 0 Å². The van der Waals surface area contributed by atoms with E-state index in [1.165, 1.54) is 0 Å². The average molecular weight is 240 g/mol. The second kappa shape index (κ2) is 4.36. The van der Waals surface area contributed by atoms with Crippen molar-refractivity contribution in [1.82, 2.24) is 15.5 Å². The van der Waals surface area contributed by atoms with Crippen molar-refractivity contribution >= 4 is 22.5 Å². The van der Waals surface area contributed by atoms with Crippen LogP contribution in [0.4, 0.5) is 14.5 Å². The number of hydrogen-bond acceptors (Lipinski definition) is 3. The van der Waals surface area contributed by atoms with E-state index in [1.54, 1.807) is 18.2 Å². The zero-order valence-corrected chi connectivity index (χ0v) is 8.71. The van der Waals surface area contributed by atoms with Gasteiger partial charge in [-0.05, 0) is 18.2 Å². The SMILES string of the molecule is Nc1ccc2[nH]nc(C(=O)NCC(F)F)c2c1. The predicted octanol–water partition coefficient (Wildman–Crippen LogP) is 1.14. The summed E-state index contributed by atoms with van der Waals surface area (Å²) in [6.45, 7) is -0.699. The van der Waals surface area contributed by atoms with Gasteiger partial charge in [0.15, 0.2) is 5.69 Å². The molecule has 0 saturated heterocycles. The highest BCUT2D eigenvalue weighted by Crippen LogP contribution is 2.18. The summed E-state index contributed by atoms with van der Waals surface area (Å²) in [4.78, 5) is 11.6. The zero-order chi connectivity index (χ0) is 12.4. The number of alkyl halides is 2. The van der Waals surface area contributed by atoms with E-state index in [-0.39, 0.29) is 5.69 Å². The van der Waals surface area contributed by atoms with E-state index in [0.717, 1.165) is 0 Å². The molecule has 0 atom stereocenters. The first-order chi connectivity index (χ1) is 8.08. The van der Waals surface area contributed by atoms with Gasteiger partial charge >= 0.3 is 0 Å². The zero-order valence-electron chi connectivity index (χ0n) is 8.71. The Kier molecular flexibility index (Phi) is 2.90. The monoisotopic (exact) mass is 240 g/mol. The molecule has 0 aliphatic rings. The molecule has 2 rings (SSSR count). The number of carbonyl (C=O) groups excluding carboxylic acids is 1. The van der Waals surface area contributed by atoms with E-state index < -0.39 is 18.9 Å². The number of nitrogens with one attached hydrogen (secondary N) is 2. The van der Waals surface area contributed by atoms with E-state index in [0.29, 0.717) is 16.6 Å². The van der Waals surface area contributed by atoms with Gasteiger partial charge in [0.1, 0.15) is 0 Å². The van der Waals surface area contributed by atoms with Crippen molar-refractivity contribution in [3.05, 3.63) is 23.9 Å². The fourth-order valence-electron chi connectivity index (χ4n) is 1.46. The minimum absolute atomic E-state index is 0.0629. The van der Waals surface area contributed by atoms with Crippen molar-refractivity contribution in [2.75, 3.05) is 12.3 Å². The maximum absolute atomic E-state index is 12.0. The van der Waals surface area contributed by atoms with Crippen LogP contribution in [0.3, 0.4) is 0 Å². The number of aromatic amines is 1. The highest BCUT2D eigenvalue weighted by molar-refractivity contribution is 6.05. The number of amides is 1. The van der Waals surface area contributed by atoms with Crippen LogP contribution < -0.4 is 11.1 Å². The van der Waals surface area contributed by atoms with Crippen molar-refractivity contribution in [3.63, 3.8) is 0 Å². The van der Waals surface area contributed by atoms with Crippen LogP contribution in [-0.4, -0.2) is 29.1 Å². The first kappa shape index (κ1) is 11.3. The Morgan fingerprint density at radius 1 is 1.53 bits per heavy atom. The van der Waals surface area contributed by atoms with Gasteiger partial charge < -0.3 is 11.1 Å². The molecule has 7 heteroatoms. The normalized spacial score (nSPS) is 11.0. The molecule has 90 valence electrons. The second-order valence-electron chi connectivity index (χ2n) is 3.48. The van der Waals surface area contributed by atoms with Crippen molar-refractivity contribution < 1.29 is 13.6 Å². The van der Waals surface area contributed by atoms with E-state index in [4.69, 9.17) is 5.73 Å². The molecule has 0 fully saturated rings. The fraction of sp³-hybridized carbons (Fsp3) is 0.200. The topological polar surface area (TPSA) is 83.8 Å². The summed E-state index contributed by atoms with van der Waals surface area (Å²) in [6, 6.07) is 4.89. The van der Waals surface area contributed by atoms with E-state index in [2.05, 4.69) is 15.5 Å². The molecule has 1 aromatic heterocycles. The summed E-state index contributed by atoms with van der Waals surface area (Å²) in [7, 11) is 0. The van der Waals surface area contributed by atoms with Crippen molar-refractivity contribution in [3.8, 4) is 0 Å². The van der Waals surface area contributed by atoms with Gasteiger partial charge in [0.25, 0.3) is 12.3 Å². The number of anilines is 1. The fourth-order valence-corrected chi connectivity index (χ4v) is 1.46. The number of nitrogens with two attached hydrogens (primary N) is 1. The van der Waals surface area contributed by atoms with Gasteiger partial charge in [0.2, 0.25) is 0 Å². The molecule has 1 heterocycles. The lowest BCUT2D eigenvalue weighted by Crippen LogP contribution is -2.28. The highest BCUT2D eigenvalue weighted by Gasteiger charge is 2.15. The molecule has 4 N–H and O–H groups in total. The third-order valence-corrected chi connectivity index (χ3v) is 2.22. The number of benzene rings is 1. The average Bonchev–Trinajstić information content (AvgIpc) is 2.68. The Labute approximate surface area is 95.0 Å². The number of nitrogen functional groups attached to an aromatic ring is 1. The smallest absolute Gasteiger partial charge is 0.272 e. The molecule has 1 amide bonds. The molecule has 0 spiro atoms. The first-order valence-corrected chi connectivity index (χ1v) is 4.88. The van der Waals surface area contributed by atoms with Crippen LogP contribution >= 0.6 is 0 Å². The van der Waals surface area contributed by atoms with Crippen LogP contribution in [-0.2, 0) is 0 Å². The molecule has 0 unspecified atom stereocenters. The molecule has 2 aromatic rings. The maximum atomic E-state index is 12.0. The summed E-state index contributed by atoms with van der Waals surface area (Å²) in [5.74, 6) is -0.651. The quantitative estimate of drug-likeness (QED) is 0.703. The molecule has 0 bridgehead atoms. The summed E-state index contributed by atoms with van der Waals surface area (Å²) in [5.41, 5.74) is 6.74. The Bertz CT molecular complexity index is 552. The van der Waals surface area contributed by atoms with Gasteiger partial charge in [-0.2, -0.15) is 5.10 Å². The lowest BCUT2D eigenvalue weighted by Gasteiger charge is -2.02. The van der Waals surface area contributed by atoms with Gasteiger partial charge in [0.05, 0.1) is 12.1 Å².